The van der Waals surface area contributed by atoms with Crippen LogP contribution in [0.2, 0.25) is 0 Å². The molecule has 2 rings (SSSR count). The van der Waals surface area contributed by atoms with Crippen LogP contribution in [0.25, 0.3) is 0 Å². The second-order valence-corrected chi connectivity index (χ2v) is 9.22. The normalized spacial score (nSPS) is 12.3. The van der Waals surface area contributed by atoms with E-state index in [1.807, 2.05) is 0 Å². The molecule has 0 saturated heterocycles. The molecule has 10 heteroatoms. The summed E-state index contributed by atoms with van der Waals surface area (Å²) in [7, 11) is 0. The molecule has 38 heavy (non-hydrogen) atoms. The summed E-state index contributed by atoms with van der Waals surface area (Å²) in [6.45, 7) is 6.10. The van der Waals surface area contributed by atoms with Gasteiger partial charge in [0, 0.05) is 0 Å². The van der Waals surface area contributed by atoms with Crippen molar-refractivity contribution in [3.8, 4) is 0 Å². The molecule has 0 bridgehead atoms. The third kappa shape index (κ3) is 13.1. The molecule has 0 aliphatic rings. The van der Waals surface area contributed by atoms with Crippen LogP contribution in [-0.4, -0.2) is 52.4 Å². The quantitative estimate of drug-likeness (QED) is 0.140. The number of halogens is 6. The van der Waals surface area contributed by atoms with E-state index in [1.54, 1.807) is 12.1 Å². The Labute approximate surface area is 222 Å². The number of alkyl halides is 6. The number of benzene rings is 2. The zero-order valence-electron chi connectivity index (χ0n) is 21.8. The molecule has 214 valence electrons. The second kappa shape index (κ2) is 17.4. The Morgan fingerprint density at radius 2 is 0.737 bits per heavy atom. The summed E-state index contributed by atoms with van der Waals surface area (Å²) in [4.78, 5) is 0. The molecule has 2 aromatic carbocycles. The van der Waals surface area contributed by atoms with Crippen molar-refractivity contribution in [2.75, 3.05) is 52.4 Å². The van der Waals surface area contributed by atoms with Crippen LogP contribution in [0.15, 0.2) is 48.5 Å². The van der Waals surface area contributed by atoms with Gasteiger partial charge in [-0.2, -0.15) is 26.3 Å². The monoisotopic (exact) mass is 546 g/mol. The lowest BCUT2D eigenvalue weighted by molar-refractivity contribution is -0.139. The van der Waals surface area contributed by atoms with Crippen LogP contribution < -0.4 is 21.3 Å². The van der Waals surface area contributed by atoms with Crippen LogP contribution in [0.3, 0.4) is 0 Å². The van der Waals surface area contributed by atoms with Gasteiger partial charge >= 0.3 is 12.4 Å². The third-order valence-electron chi connectivity index (χ3n) is 6.16. The van der Waals surface area contributed by atoms with E-state index in [9.17, 15) is 26.3 Å². The van der Waals surface area contributed by atoms with E-state index in [2.05, 4.69) is 21.3 Å². The molecule has 0 unspecified atom stereocenters. The topological polar surface area (TPSA) is 48.1 Å². The maximum Gasteiger partial charge on any atom is 0.416 e. The minimum Gasteiger partial charge on any atom is -0.317 e. The van der Waals surface area contributed by atoms with Gasteiger partial charge in [0.2, 0.25) is 0 Å². The van der Waals surface area contributed by atoms with E-state index in [0.29, 0.717) is 37.1 Å². The average molecular weight is 547 g/mol. The molecule has 0 fully saturated rings. The van der Waals surface area contributed by atoms with Gasteiger partial charge < -0.3 is 21.3 Å². The lowest BCUT2D eigenvalue weighted by Gasteiger charge is -2.13. The van der Waals surface area contributed by atoms with Gasteiger partial charge in [-0.3, -0.25) is 0 Å². The molecule has 0 amide bonds. The number of hydrogen-bond acceptors (Lipinski definition) is 4. The van der Waals surface area contributed by atoms with E-state index in [0.717, 1.165) is 77.1 Å². The molecule has 0 heterocycles. The van der Waals surface area contributed by atoms with E-state index in [1.165, 1.54) is 24.3 Å². The molecule has 0 spiro atoms. The van der Waals surface area contributed by atoms with Crippen LogP contribution in [0.5, 0.6) is 0 Å². The second-order valence-electron chi connectivity index (χ2n) is 9.22. The number of rotatable bonds is 19. The highest BCUT2D eigenvalue weighted by atomic mass is 19.4. The van der Waals surface area contributed by atoms with Crippen molar-refractivity contribution in [2.45, 2.75) is 50.9 Å². The van der Waals surface area contributed by atoms with Gasteiger partial charge in [0.25, 0.3) is 0 Å². The maximum atomic E-state index is 13.0. The van der Waals surface area contributed by atoms with Gasteiger partial charge in [0.05, 0.1) is 11.1 Å². The van der Waals surface area contributed by atoms with Gasteiger partial charge in [-0.25, -0.2) is 0 Å². The highest BCUT2D eigenvalue weighted by Gasteiger charge is 2.33. The summed E-state index contributed by atoms with van der Waals surface area (Å²) in [5.41, 5.74) is -0.470. The Hall–Kier alpha value is -2.14. The Bertz CT molecular complexity index is 828. The van der Waals surface area contributed by atoms with Crippen molar-refractivity contribution in [2.24, 2.45) is 0 Å². The number of unbranched alkanes of at least 4 members (excludes halogenated alkanes) is 1. The fourth-order valence-electron chi connectivity index (χ4n) is 4.15. The van der Waals surface area contributed by atoms with Crippen molar-refractivity contribution in [1.29, 1.82) is 0 Å². The summed E-state index contributed by atoms with van der Waals surface area (Å²) in [5.74, 6) is 0. The summed E-state index contributed by atoms with van der Waals surface area (Å²) < 4.78 is 78.0. The first kappa shape index (κ1) is 32.1. The average Bonchev–Trinajstić information content (AvgIpc) is 2.87. The van der Waals surface area contributed by atoms with E-state index in [-0.39, 0.29) is 0 Å². The van der Waals surface area contributed by atoms with Gasteiger partial charge in [-0.1, -0.05) is 36.4 Å². The molecule has 0 saturated carbocycles. The molecule has 2 aromatic rings. The Morgan fingerprint density at radius 1 is 0.421 bits per heavy atom. The zero-order valence-corrected chi connectivity index (χ0v) is 21.8. The minimum absolute atomic E-state index is 0.321. The first-order valence-electron chi connectivity index (χ1n) is 13.3. The number of nitrogens with one attached hydrogen (secondary N) is 4. The molecular formula is C28H40F6N4. The van der Waals surface area contributed by atoms with Crippen LogP contribution in [0, 0.1) is 0 Å². The van der Waals surface area contributed by atoms with Crippen LogP contribution >= 0.6 is 0 Å². The summed E-state index contributed by atoms with van der Waals surface area (Å²) in [6.07, 6.45) is -4.01. The maximum absolute atomic E-state index is 13.0. The van der Waals surface area contributed by atoms with Crippen molar-refractivity contribution >= 4 is 0 Å². The SMILES string of the molecule is FC(F)(F)c1ccccc1CCNCCCNCCCCNCCCNCCc1ccccc1C(F)(F)F. The predicted molar refractivity (Wildman–Crippen MR) is 140 cm³/mol. The molecule has 4 N–H and O–H groups in total. The molecule has 0 aliphatic carbocycles. The molecule has 0 aliphatic heterocycles. The molecule has 0 atom stereocenters. The summed E-state index contributed by atoms with van der Waals surface area (Å²) >= 11 is 0. The van der Waals surface area contributed by atoms with E-state index < -0.39 is 23.5 Å². The van der Waals surface area contributed by atoms with Gasteiger partial charge in [0.15, 0.2) is 0 Å². The predicted octanol–water partition coefficient (Wildman–Crippen LogP) is 5.43. The van der Waals surface area contributed by atoms with Gasteiger partial charge in [-0.15, -0.1) is 0 Å². The van der Waals surface area contributed by atoms with Gasteiger partial charge in [-0.05, 0) is 114 Å². The van der Waals surface area contributed by atoms with Crippen LogP contribution in [0.4, 0.5) is 26.3 Å². The Balaban J connectivity index is 1.35. The van der Waals surface area contributed by atoms with E-state index in [4.69, 9.17) is 0 Å². The highest BCUT2D eigenvalue weighted by molar-refractivity contribution is 5.30. The Kier molecular flexibility index (Phi) is 14.7. The van der Waals surface area contributed by atoms with Crippen LogP contribution in [-0.2, 0) is 25.2 Å². The van der Waals surface area contributed by atoms with E-state index >= 15 is 0 Å². The van der Waals surface area contributed by atoms with Crippen molar-refractivity contribution < 1.29 is 26.3 Å². The first-order chi connectivity index (χ1) is 18.2. The fourth-order valence-corrected chi connectivity index (χ4v) is 4.15. The fraction of sp³-hybridized carbons (Fsp3) is 0.571. The minimum atomic E-state index is -4.31. The Morgan fingerprint density at radius 3 is 1.11 bits per heavy atom. The van der Waals surface area contributed by atoms with Crippen molar-refractivity contribution in [3.05, 3.63) is 70.8 Å². The third-order valence-corrected chi connectivity index (χ3v) is 6.16. The van der Waals surface area contributed by atoms with Gasteiger partial charge in [0.1, 0.15) is 0 Å². The highest BCUT2D eigenvalue weighted by Crippen LogP contribution is 2.32. The lowest BCUT2D eigenvalue weighted by atomic mass is 10.0. The number of hydrogen-bond donors (Lipinski definition) is 4. The van der Waals surface area contributed by atoms with Crippen molar-refractivity contribution in [3.63, 3.8) is 0 Å². The standard InChI is InChI=1S/C28H40F6N4/c29-27(30,31)25-11-3-1-9-23(25)13-21-37-19-7-17-35-15-5-6-16-36-18-8-20-38-22-14-24-10-2-4-12-26(24)28(32,33)34/h1-4,9-12,35-38H,5-8,13-22H2. The van der Waals surface area contributed by atoms with Crippen molar-refractivity contribution in [1.82, 2.24) is 21.3 Å². The smallest absolute Gasteiger partial charge is 0.317 e. The first-order valence-corrected chi connectivity index (χ1v) is 13.3. The summed E-state index contributed by atoms with van der Waals surface area (Å²) in [6, 6.07) is 11.4. The molecule has 4 nitrogen and oxygen atoms in total. The molecule has 0 radical (unpaired) electrons. The largest absolute Gasteiger partial charge is 0.416 e. The van der Waals surface area contributed by atoms with Crippen LogP contribution in [0.1, 0.15) is 47.9 Å². The lowest BCUT2D eigenvalue weighted by Crippen LogP contribution is -2.26. The molecular weight excluding hydrogens is 506 g/mol. The summed E-state index contributed by atoms with van der Waals surface area (Å²) in [5, 5.41) is 13.2. The molecule has 0 aromatic heterocycles. The zero-order chi connectivity index (χ0) is 27.7.